The van der Waals surface area contributed by atoms with Crippen molar-refractivity contribution in [3.05, 3.63) is 29.3 Å². The number of anilines is 1. The number of para-hydroxylation sites is 1. The van der Waals surface area contributed by atoms with Crippen LogP contribution in [-0.2, 0) is 31.1 Å². The van der Waals surface area contributed by atoms with Crippen molar-refractivity contribution in [3.63, 3.8) is 0 Å². The summed E-state index contributed by atoms with van der Waals surface area (Å²) in [6.45, 7) is 4.30. The SMILES string of the molecule is CCCCN1C(=O)[C@@H]2[C@H](CCC(=O)[O-])[NH2+][C@]3(C(=O)Nc4c(CC)cccc43)[C@@H]2C1=O. The first-order valence-electron chi connectivity index (χ1n) is 10.7. The Kier molecular flexibility index (Phi) is 5.13. The number of hydrogen-bond donors (Lipinski definition) is 2. The Hall–Kier alpha value is -2.74. The number of quaternary nitrogens is 1. The van der Waals surface area contributed by atoms with Gasteiger partial charge < -0.3 is 20.5 Å². The molecular formula is C22H27N3O5. The molecule has 0 radical (unpaired) electrons. The zero-order valence-corrected chi connectivity index (χ0v) is 17.3. The minimum Gasteiger partial charge on any atom is -0.550 e. The van der Waals surface area contributed by atoms with Crippen molar-refractivity contribution in [3.8, 4) is 0 Å². The Morgan fingerprint density at radius 1 is 1.23 bits per heavy atom. The normalized spacial score (nSPS) is 29.5. The second-order valence-electron chi connectivity index (χ2n) is 8.44. The van der Waals surface area contributed by atoms with Crippen molar-refractivity contribution >= 4 is 29.4 Å². The fourth-order valence-corrected chi connectivity index (χ4v) is 5.49. The number of unbranched alkanes of at least 4 members (excludes halogenated alkanes) is 1. The van der Waals surface area contributed by atoms with Crippen LogP contribution < -0.4 is 15.7 Å². The lowest BCUT2D eigenvalue weighted by molar-refractivity contribution is -0.734. The van der Waals surface area contributed by atoms with E-state index in [0.717, 1.165) is 24.0 Å². The van der Waals surface area contributed by atoms with Gasteiger partial charge in [0, 0.05) is 24.5 Å². The van der Waals surface area contributed by atoms with E-state index in [1.807, 2.05) is 32.0 Å². The summed E-state index contributed by atoms with van der Waals surface area (Å²) in [6, 6.07) is 5.17. The Morgan fingerprint density at radius 2 is 2.00 bits per heavy atom. The number of likely N-dealkylation sites (tertiary alicyclic amines) is 1. The first-order valence-corrected chi connectivity index (χ1v) is 10.7. The quantitative estimate of drug-likeness (QED) is 0.571. The molecule has 0 saturated carbocycles. The third-order valence-corrected chi connectivity index (χ3v) is 6.88. The molecule has 0 bridgehead atoms. The van der Waals surface area contributed by atoms with Crippen LogP contribution in [0, 0.1) is 11.8 Å². The molecule has 0 aliphatic carbocycles. The van der Waals surface area contributed by atoms with Gasteiger partial charge in [-0.05, 0) is 24.8 Å². The Bertz CT molecular complexity index is 929. The van der Waals surface area contributed by atoms with Crippen LogP contribution in [0.2, 0.25) is 0 Å². The zero-order chi connectivity index (χ0) is 21.6. The number of carbonyl (C=O) groups is 4. The van der Waals surface area contributed by atoms with Crippen molar-refractivity contribution in [1.29, 1.82) is 0 Å². The summed E-state index contributed by atoms with van der Waals surface area (Å²) >= 11 is 0. The van der Waals surface area contributed by atoms with Crippen LogP contribution in [0.3, 0.4) is 0 Å². The largest absolute Gasteiger partial charge is 0.550 e. The summed E-state index contributed by atoms with van der Waals surface area (Å²) in [7, 11) is 0. The molecule has 160 valence electrons. The van der Waals surface area contributed by atoms with Crippen LogP contribution in [0.4, 0.5) is 5.69 Å². The molecule has 3 N–H and O–H groups in total. The van der Waals surface area contributed by atoms with Crippen molar-refractivity contribution in [1.82, 2.24) is 4.90 Å². The number of amides is 3. The van der Waals surface area contributed by atoms with E-state index in [1.54, 1.807) is 5.32 Å². The van der Waals surface area contributed by atoms with Crippen LogP contribution in [0.1, 0.15) is 50.7 Å². The summed E-state index contributed by atoms with van der Waals surface area (Å²) in [5.41, 5.74) is 1.17. The predicted octanol–water partition coefficient (Wildman–Crippen LogP) is -0.727. The maximum absolute atomic E-state index is 13.4. The van der Waals surface area contributed by atoms with E-state index in [-0.39, 0.29) is 30.6 Å². The van der Waals surface area contributed by atoms with Crippen molar-refractivity contribution in [2.24, 2.45) is 11.8 Å². The second kappa shape index (κ2) is 7.50. The number of aryl methyl sites for hydroxylation is 1. The first kappa shape index (κ1) is 20.5. The first-order chi connectivity index (χ1) is 14.4. The van der Waals surface area contributed by atoms with Crippen LogP contribution >= 0.6 is 0 Å². The number of fused-ring (bicyclic) bond motifs is 4. The van der Waals surface area contributed by atoms with Crippen LogP contribution in [0.25, 0.3) is 0 Å². The lowest BCUT2D eigenvalue weighted by atomic mass is 9.76. The average molecular weight is 413 g/mol. The highest BCUT2D eigenvalue weighted by molar-refractivity contribution is 6.14. The highest BCUT2D eigenvalue weighted by Gasteiger charge is 2.74. The molecule has 3 aliphatic rings. The summed E-state index contributed by atoms with van der Waals surface area (Å²) in [5.74, 6) is -3.66. The third-order valence-electron chi connectivity index (χ3n) is 6.88. The van der Waals surface area contributed by atoms with E-state index < -0.39 is 29.4 Å². The van der Waals surface area contributed by atoms with Crippen molar-refractivity contribution in [2.75, 3.05) is 11.9 Å². The predicted molar refractivity (Wildman–Crippen MR) is 105 cm³/mol. The van der Waals surface area contributed by atoms with Gasteiger partial charge in [0.05, 0.1) is 5.69 Å². The van der Waals surface area contributed by atoms with Gasteiger partial charge in [0.25, 0.3) is 5.91 Å². The zero-order valence-electron chi connectivity index (χ0n) is 17.3. The molecule has 2 saturated heterocycles. The summed E-state index contributed by atoms with van der Waals surface area (Å²) in [5, 5.41) is 15.8. The van der Waals surface area contributed by atoms with E-state index in [4.69, 9.17) is 0 Å². The monoisotopic (exact) mass is 413 g/mol. The third kappa shape index (κ3) is 2.77. The van der Waals surface area contributed by atoms with Gasteiger partial charge in [-0.1, -0.05) is 38.5 Å². The number of carboxylic acids is 1. The lowest BCUT2D eigenvalue weighted by Gasteiger charge is -2.26. The molecule has 8 nitrogen and oxygen atoms in total. The Labute approximate surface area is 175 Å². The minimum absolute atomic E-state index is 0.169. The molecule has 1 aromatic carbocycles. The number of imide groups is 1. The van der Waals surface area contributed by atoms with Crippen molar-refractivity contribution < 1.29 is 29.6 Å². The summed E-state index contributed by atoms with van der Waals surface area (Å²) in [6.07, 6.45) is 2.20. The van der Waals surface area contributed by atoms with Crippen LogP contribution in [0.5, 0.6) is 0 Å². The maximum Gasteiger partial charge on any atom is 0.291 e. The number of aliphatic carboxylic acids is 1. The van der Waals surface area contributed by atoms with E-state index in [9.17, 15) is 24.3 Å². The van der Waals surface area contributed by atoms with E-state index in [1.165, 1.54) is 4.90 Å². The standard InChI is InChI=1S/C22H27N3O5/c1-3-5-11-25-19(28)16-14(9-10-15(26)27)24-22(17(16)20(25)29)13-8-6-7-12(4-2)18(13)23-21(22)30/h6-8,14,16-17,24H,3-5,9-11H2,1-2H3,(H,23,30)(H,26,27)/t14-,16+,17-,22-/m0/s1. The molecule has 0 unspecified atom stereocenters. The number of nitrogens with zero attached hydrogens (tertiary/aromatic N) is 1. The highest BCUT2D eigenvalue weighted by Crippen LogP contribution is 2.50. The number of nitrogens with one attached hydrogen (secondary N) is 1. The average Bonchev–Trinajstić information content (AvgIpc) is 3.30. The minimum atomic E-state index is -1.24. The maximum atomic E-state index is 13.4. The van der Waals surface area contributed by atoms with E-state index in [2.05, 4.69) is 5.32 Å². The van der Waals surface area contributed by atoms with Gasteiger partial charge >= 0.3 is 0 Å². The number of hydrogen-bond acceptors (Lipinski definition) is 5. The van der Waals surface area contributed by atoms with Crippen LogP contribution in [0.15, 0.2) is 18.2 Å². The second-order valence-corrected chi connectivity index (χ2v) is 8.44. The molecule has 3 amide bonds. The van der Waals surface area contributed by atoms with Gasteiger partial charge in [-0.25, -0.2) is 0 Å². The van der Waals surface area contributed by atoms with Gasteiger partial charge in [-0.2, -0.15) is 0 Å². The van der Waals surface area contributed by atoms with E-state index in [0.29, 0.717) is 18.7 Å². The number of carboxylic acid groups (broad SMARTS) is 1. The number of nitrogens with two attached hydrogens (primary N) is 1. The number of benzene rings is 1. The molecule has 4 rings (SSSR count). The molecule has 0 aromatic heterocycles. The molecule has 3 aliphatic heterocycles. The fraction of sp³-hybridized carbons (Fsp3) is 0.545. The van der Waals surface area contributed by atoms with Gasteiger partial charge in [0.2, 0.25) is 17.4 Å². The Balaban J connectivity index is 1.82. The lowest BCUT2D eigenvalue weighted by Crippen LogP contribution is -2.99. The summed E-state index contributed by atoms with van der Waals surface area (Å²) < 4.78 is 0. The topological polar surface area (TPSA) is 123 Å². The molecule has 30 heavy (non-hydrogen) atoms. The molecule has 4 atom stereocenters. The van der Waals surface area contributed by atoms with Crippen LogP contribution in [-0.4, -0.2) is 41.2 Å². The Morgan fingerprint density at radius 3 is 2.67 bits per heavy atom. The molecule has 8 heteroatoms. The van der Waals surface area contributed by atoms with Gasteiger partial charge in [0.15, 0.2) is 0 Å². The van der Waals surface area contributed by atoms with Gasteiger partial charge in [-0.3, -0.25) is 19.3 Å². The summed E-state index contributed by atoms with van der Waals surface area (Å²) in [4.78, 5) is 52.4. The van der Waals surface area contributed by atoms with Gasteiger partial charge in [-0.15, -0.1) is 0 Å². The van der Waals surface area contributed by atoms with Crippen molar-refractivity contribution in [2.45, 2.75) is 57.5 Å². The highest BCUT2D eigenvalue weighted by atomic mass is 16.4. The smallest absolute Gasteiger partial charge is 0.291 e. The van der Waals surface area contributed by atoms with E-state index >= 15 is 0 Å². The molecule has 3 heterocycles. The van der Waals surface area contributed by atoms with Gasteiger partial charge in [0.1, 0.15) is 17.9 Å². The molecular weight excluding hydrogens is 386 g/mol. The molecule has 1 spiro atoms. The molecule has 1 aromatic rings. The number of carbonyl (C=O) groups excluding carboxylic acids is 4. The fourth-order valence-electron chi connectivity index (χ4n) is 5.49. The number of rotatable bonds is 7. The molecule has 2 fully saturated rings.